The third-order valence-corrected chi connectivity index (χ3v) is 2.80. The highest BCUT2D eigenvalue weighted by molar-refractivity contribution is 9.10. The van der Waals surface area contributed by atoms with Gasteiger partial charge in [0.2, 0.25) is 5.95 Å². The van der Waals surface area contributed by atoms with Gasteiger partial charge in [0.25, 0.3) is 0 Å². The normalized spacial score (nSPS) is 10.2. The zero-order valence-electron chi connectivity index (χ0n) is 10.1. The lowest BCUT2D eigenvalue weighted by Gasteiger charge is -2.10. The molecule has 0 amide bonds. The molecule has 1 heterocycles. The highest BCUT2D eigenvalue weighted by atomic mass is 79.9. The van der Waals surface area contributed by atoms with E-state index in [4.69, 9.17) is 10.5 Å². The fraction of sp³-hybridized carbons (Fsp3) is 0.167. The summed E-state index contributed by atoms with van der Waals surface area (Å²) in [6, 6.07) is 7.36. The smallest absolute Gasteiger partial charge is 0.230 e. The van der Waals surface area contributed by atoms with Gasteiger partial charge in [0.15, 0.2) is 0 Å². The van der Waals surface area contributed by atoms with E-state index in [1.807, 2.05) is 25.1 Å². The lowest BCUT2D eigenvalue weighted by Crippen LogP contribution is -2.01. The minimum absolute atomic E-state index is 0.408. The zero-order chi connectivity index (χ0) is 13.1. The highest BCUT2D eigenvalue weighted by Gasteiger charge is 2.04. The molecule has 6 heteroatoms. The molecule has 0 fully saturated rings. The molecule has 3 N–H and O–H groups in total. The molecule has 0 atom stereocenters. The Morgan fingerprint density at radius 3 is 2.67 bits per heavy atom. The number of halogens is 1. The number of methoxy groups -OCH3 is 1. The number of aryl methyl sites for hydroxylation is 1. The molecule has 1 aromatic heterocycles. The van der Waals surface area contributed by atoms with Gasteiger partial charge in [0.05, 0.1) is 7.11 Å². The van der Waals surface area contributed by atoms with Crippen LogP contribution < -0.4 is 15.8 Å². The number of anilines is 3. The van der Waals surface area contributed by atoms with Gasteiger partial charge in [0, 0.05) is 11.8 Å². The van der Waals surface area contributed by atoms with Crippen LogP contribution in [0.4, 0.5) is 17.5 Å². The number of benzene rings is 1. The predicted molar refractivity (Wildman–Crippen MR) is 75.2 cm³/mol. The molecule has 94 valence electrons. The van der Waals surface area contributed by atoms with Crippen LogP contribution in [-0.2, 0) is 0 Å². The number of nitrogens with two attached hydrogens (primary N) is 1. The summed E-state index contributed by atoms with van der Waals surface area (Å²) in [5.74, 6) is 1.67. The molecule has 0 radical (unpaired) electrons. The van der Waals surface area contributed by atoms with Crippen molar-refractivity contribution in [3.8, 4) is 5.75 Å². The van der Waals surface area contributed by atoms with Gasteiger partial charge >= 0.3 is 0 Å². The average Bonchev–Trinajstić information content (AvgIpc) is 2.30. The maximum Gasteiger partial charge on any atom is 0.230 e. The van der Waals surface area contributed by atoms with Gasteiger partial charge in [-0.25, -0.2) is 4.98 Å². The van der Waals surface area contributed by atoms with E-state index in [9.17, 15) is 0 Å². The van der Waals surface area contributed by atoms with Crippen molar-refractivity contribution in [2.45, 2.75) is 6.92 Å². The Kier molecular flexibility index (Phi) is 3.66. The maximum atomic E-state index is 5.66. The van der Waals surface area contributed by atoms with Crippen LogP contribution in [-0.4, -0.2) is 17.1 Å². The molecular formula is C12H13BrN4O. The number of hydrogen-bond acceptors (Lipinski definition) is 5. The number of hydrogen-bond donors (Lipinski definition) is 2. The van der Waals surface area contributed by atoms with E-state index in [2.05, 4.69) is 31.2 Å². The molecule has 2 rings (SSSR count). The molecule has 0 saturated carbocycles. The minimum Gasteiger partial charge on any atom is -0.497 e. The van der Waals surface area contributed by atoms with Crippen LogP contribution in [0, 0.1) is 6.92 Å². The van der Waals surface area contributed by atoms with Gasteiger partial charge in [-0.2, -0.15) is 4.98 Å². The van der Waals surface area contributed by atoms with E-state index >= 15 is 0 Å². The summed E-state index contributed by atoms with van der Waals surface area (Å²) in [5, 5.41) is 3.12. The fourth-order valence-corrected chi connectivity index (χ4v) is 1.92. The average molecular weight is 309 g/mol. The Balaban J connectivity index is 2.28. The first kappa shape index (κ1) is 12.6. The second-order valence-electron chi connectivity index (χ2n) is 3.74. The SMILES string of the molecule is COc1ccc(Nc2nc(N)cc(Br)n2)c(C)c1. The lowest BCUT2D eigenvalue weighted by atomic mass is 10.2. The van der Waals surface area contributed by atoms with E-state index in [1.165, 1.54) is 0 Å². The first-order chi connectivity index (χ1) is 8.58. The number of rotatable bonds is 3. The number of nitrogens with one attached hydrogen (secondary N) is 1. The van der Waals surface area contributed by atoms with Crippen molar-refractivity contribution in [3.05, 3.63) is 34.4 Å². The van der Waals surface area contributed by atoms with Crippen molar-refractivity contribution in [2.24, 2.45) is 0 Å². The fourth-order valence-electron chi connectivity index (χ4n) is 1.51. The Bertz CT molecular complexity index is 554. The molecule has 2 aromatic rings. The summed E-state index contributed by atoms with van der Waals surface area (Å²) < 4.78 is 5.79. The third-order valence-electron chi connectivity index (χ3n) is 2.39. The lowest BCUT2D eigenvalue weighted by molar-refractivity contribution is 0.414. The van der Waals surface area contributed by atoms with Gasteiger partial charge in [0.1, 0.15) is 16.2 Å². The van der Waals surface area contributed by atoms with Crippen LogP contribution in [0.5, 0.6) is 5.75 Å². The van der Waals surface area contributed by atoms with Crippen LogP contribution in [0.25, 0.3) is 0 Å². The topological polar surface area (TPSA) is 73.1 Å². The van der Waals surface area contributed by atoms with Crippen molar-refractivity contribution >= 4 is 33.4 Å². The summed E-state index contributed by atoms with van der Waals surface area (Å²) in [6.07, 6.45) is 0. The van der Waals surface area contributed by atoms with Crippen molar-refractivity contribution in [3.63, 3.8) is 0 Å². The van der Waals surface area contributed by atoms with E-state index in [-0.39, 0.29) is 0 Å². The second kappa shape index (κ2) is 5.22. The van der Waals surface area contributed by atoms with Crippen molar-refractivity contribution in [2.75, 3.05) is 18.2 Å². The molecule has 0 aliphatic carbocycles. The van der Waals surface area contributed by atoms with Crippen LogP contribution in [0.2, 0.25) is 0 Å². The zero-order valence-corrected chi connectivity index (χ0v) is 11.7. The van der Waals surface area contributed by atoms with Gasteiger partial charge in [-0.15, -0.1) is 0 Å². The molecule has 0 aliphatic rings. The number of nitrogens with zero attached hydrogens (tertiary/aromatic N) is 2. The van der Waals surface area contributed by atoms with E-state index < -0.39 is 0 Å². The number of nitrogen functional groups attached to an aromatic ring is 1. The van der Waals surface area contributed by atoms with Crippen LogP contribution in [0.3, 0.4) is 0 Å². The summed E-state index contributed by atoms with van der Waals surface area (Å²) in [4.78, 5) is 8.30. The molecule has 1 aromatic carbocycles. The Hall–Kier alpha value is -1.82. The number of aromatic nitrogens is 2. The van der Waals surface area contributed by atoms with Crippen molar-refractivity contribution in [1.29, 1.82) is 0 Å². The predicted octanol–water partition coefficient (Wildman–Crippen LogP) is 2.88. The first-order valence-corrected chi connectivity index (χ1v) is 6.09. The van der Waals surface area contributed by atoms with Gasteiger partial charge in [-0.1, -0.05) is 0 Å². The molecule has 0 unspecified atom stereocenters. The molecule has 5 nitrogen and oxygen atoms in total. The van der Waals surface area contributed by atoms with Crippen molar-refractivity contribution in [1.82, 2.24) is 9.97 Å². The molecule has 0 saturated heterocycles. The minimum atomic E-state index is 0.408. The largest absolute Gasteiger partial charge is 0.497 e. The second-order valence-corrected chi connectivity index (χ2v) is 4.56. The van der Waals surface area contributed by atoms with E-state index in [1.54, 1.807) is 13.2 Å². The summed E-state index contributed by atoms with van der Waals surface area (Å²) >= 11 is 3.28. The summed E-state index contributed by atoms with van der Waals surface area (Å²) in [7, 11) is 1.64. The molecule has 0 bridgehead atoms. The van der Waals surface area contributed by atoms with E-state index in [0.717, 1.165) is 17.0 Å². The van der Waals surface area contributed by atoms with Gasteiger partial charge in [-0.05, 0) is 46.6 Å². The Labute approximate surface area is 114 Å². The van der Waals surface area contributed by atoms with E-state index in [0.29, 0.717) is 16.4 Å². The molecule has 18 heavy (non-hydrogen) atoms. The van der Waals surface area contributed by atoms with Crippen LogP contribution >= 0.6 is 15.9 Å². The standard InChI is InChI=1S/C12H13BrN4O/c1-7-5-8(18-2)3-4-9(7)15-12-16-10(13)6-11(14)17-12/h3-6H,1-2H3,(H3,14,15,16,17). The van der Waals surface area contributed by atoms with Crippen molar-refractivity contribution < 1.29 is 4.74 Å². The number of ether oxygens (including phenoxy) is 1. The quantitative estimate of drug-likeness (QED) is 0.853. The Morgan fingerprint density at radius 1 is 1.28 bits per heavy atom. The maximum absolute atomic E-state index is 5.66. The molecular weight excluding hydrogens is 296 g/mol. The van der Waals surface area contributed by atoms with Gasteiger partial charge < -0.3 is 15.8 Å². The first-order valence-electron chi connectivity index (χ1n) is 5.30. The Morgan fingerprint density at radius 2 is 2.06 bits per heavy atom. The molecule has 0 spiro atoms. The summed E-state index contributed by atoms with van der Waals surface area (Å²) in [5.41, 5.74) is 7.60. The highest BCUT2D eigenvalue weighted by Crippen LogP contribution is 2.24. The van der Waals surface area contributed by atoms with Crippen LogP contribution in [0.15, 0.2) is 28.9 Å². The summed E-state index contributed by atoms with van der Waals surface area (Å²) in [6.45, 7) is 1.98. The van der Waals surface area contributed by atoms with Crippen LogP contribution in [0.1, 0.15) is 5.56 Å². The third kappa shape index (κ3) is 2.89. The van der Waals surface area contributed by atoms with Gasteiger partial charge in [-0.3, -0.25) is 0 Å². The monoisotopic (exact) mass is 308 g/mol. The molecule has 0 aliphatic heterocycles.